The van der Waals surface area contributed by atoms with Crippen LogP contribution in [0.3, 0.4) is 0 Å². The van der Waals surface area contributed by atoms with Crippen LogP contribution in [0.2, 0.25) is 0 Å². The second kappa shape index (κ2) is 11.9. The number of nitrogens with one attached hydrogen (secondary N) is 1. The number of amides is 2. The fourth-order valence-electron chi connectivity index (χ4n) is 2.45. The number of rotatable bonds is 11. The summed E-state index contributed by atoms with van der Waals surface area (Å²) in [7, 11) is 0. The second-order valence-corrected chi connectivity index (χ2v) is 6.33. The normalized spacial score (nSPS) is 10.2. The molecule has 7 heteroatoms. The number of ether oxygens (including phenoxy) is 2. The molecule has 0 aliphatic heterocycles. The number of benzene rings is 1. The van der Waals surface area contributed by atoms with Gasteiger partial charge in [-0.25, -0.2) is 0 Å². The maximum Gasteiger partial charge on any atom is 0.307 e. The van der Waals surface area contributed by atoms with E-state index in [1.54, 1.807) is 11.8 Å². The molecule has 0 atom stereocenters. The zero-order valence-electron chi connectivity index (χ0n) is 16.7. The molecule has 0 aliphatic rings. The molecule has 0 heterocycles. The first-order valence-corrected chi connectivity index (χ1v) is 9.21. The summed E-state index contributed by atoms with van der Waals surface area (Å²) in [4.78, 5) is 36.7. The Morgan fingerprint density at radius 1 is 1.15 bits per heavy atom. The Hall–Kier alpha value is -2.57. The molecule has 27 heavy (non-hydrogen) atoms. The smallest absolute Gasteiger partial charge is 0.307 e. The van der Waals surface area contributed by atoms with Crippen LogP contribution in [0.15, 0.2) is 18.2 Å². The third-order valence-electron chi connectivity index (χ3n) is 3.92. The van der Waals surface area contributed by atoms with Crippen molar-refractivity contribution in [2.24, 2.45) is 0 Å². The standard InChI is InChI=1S/C20H30N2O5/c1-5-26-20(25)9-12-22(11-6-10-21-17(4)23)19(24)14-27-18-13-15(2)7-8-16(18)3/h7-8,13H,5-6,9-12,14H2,1-4H3,(H,21,23). The molecular weight excluding hydrogens is 348 g/mol. The van der Waals surface area contributed by atoms with Crippen LogP contribution >= 0.6 is 0 Å². The Kier molecular flexibility index (Phi) is 9.93. The fraction of sp³-hybridized carbons (Fsp3) is 0.550. The van der Waals surface area contributed by atoms with E-state index >= 15 is 0 Å². The van der Waals surface area contributed by atoms with Gasteiger partial charge in [-0.2, -0.15) is 0 Å². The molecule has 0 saturated heterocycles. The number of hydrogen-bond donors (Lipinski definition) is 1. The van der Waals surface area contributed by atoms with Gasteiger partial charge < -0.3 is 19.7 Å². The molecule has 1 N–H and O–H groups in total. The monoisotopic (exact) mass is 378 g/mol. The van der Waals surface area contributed by atoms with Crippen LogP contribution < -0.4 is 10.1 Å². The molecule has 1 aromatic carbocycles. The molecule has 150 valence electrons. The third kappa shape index (κ3) is 9.08. The van der Waals surface area contributed by atoms with Crippen LogP contribution in [0.4, 0.5) is 0 Å². The van der Waals surface area contributed by atoms with E-state index in [0.29, 0.717) is 31.9 Å². The van der Waals surface area contributed by atoms with E-state index < -0.39 is 0 Å². The average Bonchev–Trinajstić information content (AvgIpc) is 2.61. The largest absolute Gasteiger partial charge is 0.483 e. The van der Waals surface area contributed by atoms with Gasteiger partial charge in [-0.05, 0) is 44.4 Å². The lowest BCUT2D eigenvalue weighted by molar-refractivity contribution is -0.144. The summed E-state index contributed by atoms with van der Waals surface area (Å²) >= 11 is 0. The van der Waals surface area contributed by atoms with Crippen molar-refractivity contribution in [2.45, 2.75) is 40.5 Å². The average molecular weight is 378 g/mol. The molecule has 1 aromatic rings. The molecule has 0 aliphatic carbocycles. The molecular formula is C20H30N2O5. The van der Waals surface area contributed by atoms with Gasteiger partial charge in [0.15, 0.2) is 6.61 Å². The molecule has 0 spiro atoms. The van der Waals surface area contributed by atoms with E-state index in [9.17, 15) is 14.4 Å². The quantitative estimate of drug-likeness (QED) is 0.470. The van der Waals surface area contributed by atoms with Crippen LogP contribution in [0.25, 0.3) is 0 Å². The van der Waals surface area contributed by atoms with E-state index in [2.05, 4.69) is 5.32 Å². The first kappa shape index (κ1) is 22.5. The first-order valence-electron chi connectivity index (χ1n) is 9.21. The molecule has 0 saturated carbocycles. The number of nitrogens with zero attached hydrogens (tertiary/aromatic N) is 1. The Balaban J connectivity index is 2.62. The fourth-order valence-corrected chi connectivity index (χ4v) is 2.45. The number of carbonyl (C=O) groups excluding carboxylic acids is 3. The highest BCUT2D eigenvalue weighted by Gasteiger charge is 2.16. The van der Waals surface area contributed by atoms with Crippen LogP contribution in [-0.4, -0.2) is 55.5 Å². The predicted octanol–water partition coefficient (Wildman–Crippen LogP) is 1.99. The molecule has 7 nitrogen and oxygen atoms in total. The number of hydrogen-bond acceptors (Lipinski definition) is 5. The first-order chi connectivity index (χ1) is 12.8. The lowest BCUT2D eigenvalue weighted by atomic mass is 10.1. The Morgan fingerprint density at radius 2 is 1.89 bits per heavy atom. The van der Waals surface area contributed by atoms with Gasteiger partial charge in [0.2, 0.25) is 5.91 Å². The highest BCUT2D eigenvalue weighted by atomic mass is 16.5. The molecule has 0 radical (unpaired) electrons. The van der Waals surface area contributed by atoms with E-state index in [0.717, 1.165) is 11.1 Å². The molecule has 1 rings (SSSR count). The summed E-state index contributed by atoms with van der Waals surface area (Å²) in [6, 6.07) is 5.82. The maximum atomic E-state index is 12.6. The van der Waals surface area contributed by atoms with Gasteiger partial charge in [0.1, 0.15) is 5.75 Å². The Labute approximate surface area is 161 Å². The van der Waals surface area contributed by atoms with Crippen molar-refractivity contribution in [1.29, 1.82) is 0 Å². The predicted molar refractivity (Wildman–Crippen MR) is 103 cm³/mol. The summed E-state index contributed by atoms with van der Waals surface area (Å²) in [5.41, 5.74) is 2.01. The number of aryl methyl sites for hydroxylation is 2. The van der Waals surface area contributed by atoms with Crippen LogP contribution in [-0.2, 0) is 19.1 Å². The summed E-state index contributed by atoms with van der Waals surface area (Å²) in [5.74, 6) is 0.0141. The number of carbonyl (C=O) groups is 3. The third-order valence-corrected chi connectivity index (χ3v) is 3.92. The van der Waals surface area contributed by atoms with Crippen LogP contribution in [0.1, 0.15) is 37.8 Å². The minimum Gasteiger partial charge on any atom is -0.483 e. The van der Waals surface area contributed by atoms with Crippen molar-refractivity contribution in [3.63, 3.8) is 0 Å². The van der Waals surface area contributed by atoms with Gasteiger partial charge in [0.05, 0.1) is 13.0 Å². The lowest BCUT2D eigenvalue weighted by Gasteiger charge is -2.23. The SMILES string of the molecule is CCOC(=O)CCN(CCCNC(C)=O)C(=O)COc1cc(C)ccc1C. The van der Waals surface area contributed by atoms with Gasteiger partial charge in [0.25, 0.3) is 5.91 Å². The van der Waals surface area contributed by atoms with Crippen LogP contribution in [0, 0.1) is 13.8 Å². The van der Waals surface area contributed by atoms with Crippen molar-refractivity contribution in [1.82, 2.24) is 10.2 Å². The van der Waals surface area contributed by atoms with E-state index in [4.69, 9.17) is 9.47 Å². The minimum atomic E-state index is -0.340. The molecule has 0 unspecified atom stereocenters. The van der Waals surface area contributed by atoms with Crippen molar-refractivity contribution in [2.75, 3.05) is 32.8 Å². The summed E-state index contributed by atoms with van der Waals surface area (Å²) < 4.78 is 10.6. The van der Waals surface area contributed by atoms with E-state index in [-0.39, 0.29) is 37.4 Å². The molecule has 2 amide bonds. The molecule has 0 bridgehead atoms. The van der Waals surface area contributed by atoms with E-state index in [1.165, 1.54) is 6.92 Å². The zero-order valence-corrected chi connectivity index (χ0v) is 16.7. The minimum absolute atomic E-state index is 0.104. The Bertz CT molecular complexity index is 645. The highest BCUT2D eigenvalue weighted by Crippen LogP contribution is 2.19. The number of esters is 1. The Morgan fingerprint density at radius 3 is 2.56 bits per heavy atom. The van der Waals surface area contributed by atoms with Crippen molar-refractivity contribution < 1.29 is 23.9 Å². The van der Waals surface area contributed by atoms with Gasteiger partial charge in [-0.1, -0.05) is 12.1 Å². The van der Waals surface area contributed by atoms with Gasteiger partial charge in [0, 0.05) is 26.6 Å². The van der Waals surface area contributed by atoms with Gasteiger partial charge >= 0.3 is 5.97 Å². The van der Waals surface area contributed by atoms with Gasteiger partial charge in [-0.15, -0.1) is 0 Å². The molecule has 0 fully saturated rings. The highest BCUT2D eigenvalue weighted by molar-refractivity contribution is 5.78. The van der Waals surface area contributed by atoms with Gasteiger partial charge in [-0.3, -0.25) is 14.4 Å². The lowest BCUT2D eigenvalue weighted by Crippen LogP contribution is -2.38. The second-order valence-electron chi connectivity index (χ2n) is 6.33. The topological polar surface area (TPSA) is 84.9 Å². The van der Waals surface area contributed by atoms with Crippen LogP contribution in [0.5, 0.6) is 5.75 Å². The van der Waals surface area contributed by atoms with Crippen molar-refractivity contribution in [3.05, 3.63) is 29.3 Å². The summed E-state index contributed by atoms with van der Waals surface area (Å²) in [6.45, 7) is 8.43. The summed E-state index contributed by atoms with van der Waals surface area (Å²) in [5, 5.41) is 2.70. The van der Waals surface area contributed by atoms with Crippen molar-refractivity contribution in [3.8, 4) is 5.75 Å². The zero-order chi connectivity index (χ0) is 20.2. The van der Waals surface area contributed by atoms with Crippen molar-refractivity contribution >= 4 is 17.8 Å². The maximum absolute atomic E-state index is 12.6. The van der Waals surface area contributed by atoms with E-state index in [1.807, 2.05) is 32.0 Å². The molecule has 0 aromatic heterocycles. The summed E-state index contributed by atoms with van der Waals surface area (Å²) in [6.07, 6.45) is 0.723.